The van der Waals surface area contributed by atoms with Gasteiger partial charge in [-0.1, -0.05) is 0 Å². The lowest BCUT2D eigenvalue weighted by molar-refractivity contribution is -0.880. The molecule has 134 valence electrons. The van der Waals surface area contributed by atoms with Gasteiger partial charge >= 0.3 is 0 Å². The fraction of sp³-hybridized carbons (Fsp3) is 0.600. The number of piperazine rings is 1. The van der Waals surface area contributed by atoms with E-state index in [1.54, 1.807) is 20.8 Å². The summed E-state index contributed by atoms with van der Waals surface area (Å²) in [4.78, 5) is 14.2. The number of rotatable bonds is 4. The molecule has 0 aromatic heterocycles. The summed E-state index contributed by atoms with van der Waals surface area (Å²) in [6.07, 6.45) is 0. The molecule has 1 aromatic rings. The zero-order valence-corrected chi connectivity index (χ0v) is 15.3. The molecule has 8 nitrogen and oxygen atoms in total. The van der Waals surface area contributed by atoms with Gasteiger partial charge in [0.15, 0.2) is 0 Å². The Labute approximate surface area is 142 Å². The Hall–Kier alpha value is -1.71. The van der Waals surface area contributed by atoms with Crippen molar-refractivity contribution >= 4 is 21.4 Å². The summed E-state index contributed by atoms with van der Waals surface area (Å²) in [5.74, 6) is 0. The number of nitrogens with one attached hydrogen (secondary N) is 2. The first-order valence-electron chi connectivity index (χ1n) is 7.88. The molecule has 0 unspecified atom stereocenters. The third-order valence-electron chi connectivity index (χ3n) is 3.85. The number of hydrogen-bond acceptors (Lipinski definition) is 5. The number of nitrogens with zero attached hydrogens (tertiary/aromatic N) is 2. The molecular formula is C15H25N4O4S+. The van der Waals surface area contributed by atoms with Gasteiger partial charge in [0.2, 0.25) is 10.0 Å². The molecule has 0 aliphatic carbocycles. The van der Waals surface area contributed by atoms with E-state index in [1.807, 2.05) is 4.90 Å². The summed E-state index contributed by atoms with van der Waals surface area (Å²) in [7, 11) is -1.72. The monoisotopic (exact) mass is 357 g/mol. The van der Waals surface area contributed by atoms with E-state index in [2.05, 4.69) is 11.8 Å². The molecule has 0 amide bonds. The fourth-order valence-corrected chi connectivity index (χ4v) is 4.11. The molecule has 1 aliphatic heterocycles. The van der Waals surface area contributed by atoms with Crippen molar-refractivity contribution in [1.82, 2.24) is 4.72 Å². The highest BCUT2D eigenvalue weighted by Gasteiger charge is 2.28. The first-order chi connectivity index (χ1) is 11.0. The molecule has 9 heteroatoms. The van der Waals surface area contributed by atoms with Crippen LogP contribution in [0.4, 0.5) is 11.4 Å². The number of hydrogen-bond donors (Lipinski definition) is 2. The lowest BCUT2D eigenvalue weighted by Gasteiger charge is -2.31. The molecule has 1 aliphatic rings. The molecular weight excluding hydrogens is 332 g/mol. The van der Waals surface area contributed by atoms with Crippen LogP contribution in [0.15, 0.2) is 23.1 Å². The van der Waals surface area contributed by atoms with Gasteiger partial charge in [0.05, 0.1) is 43.0 Å². The number of likely N-dealkylation sites (N-methyl/N-ethyl adjacent to an activating group) is 1. The lowest BCUT2D eigenvalue weighted by Crippen LogP contribution is -3.12. The van der Waals surface area contributed by atoms with Crippen LogP contribution < -0.4 is 14.5 Å². The standard InChI is InChI=1S/C15H24N4O4S/c1-15(2,3)16-24(22,23)12-5-6-13(14(11-12)19(20)21)18-9-7-17(4)8-10-18/h5-6,11,16H,7-10H2,1-4H3/p+1. The van der Waals surface area contributed by atoms with E-state index in [9.17, 15) is 18.5 Å². The molecule has 0 saturated carbocycles. The van der Waals surface area contributed by atoms with Crippen molar-refractivity contribution in [2.24, 2.45) is 0 Å². The lowest BCUT2D eigenvalue weighted by atomic mass is 10.1. The predicted octanol–water partition coefficient (Wildman–Crippen LogP) is 0.00630. The Bertz CT molecular complexity index is 719. The van der Waals surface area contributed by atoms with Gasteiger partial charge in [-0.25, -0.2) is 13.1 Å². The molecule has 1 aromatic carbocycles. The minimum Gasteiger partial charge on any atom is -0.355 e. The molecule has 0 spiro atoms. The van der Waals surface area contributed by atoms with Crippen molar-refractivity contribution in [3.8, 4) is 0 Å². The summed E-state index contributed by atoms with van der Waals surface area (Å²) >= 11 is 0. The minimum atomic E-state index is -3.81. The maximum Gasteiger partial charge on any atom is 0.293 e. The van der Waals surface area contributed by atoms with Crippen molar-refractivity contribution in [3.05, 3.63) is 28.3 Å². The van der Waals surface area contributed by atoms with Crippen molar-refractivity contribution < 1.29 is 18.2 Å². The SMILES string of the molecule is C[NH+]1CCN(c2ccc(S(=O)(=O)NC(C)(C)C)cc2[N+](=O)[O-])CC1. The van der Waals surface area contributed by atoms with Crippen LogP contribution in [-0.4, -0.2) is 52.1 Å². The smallest absolute Gasteiger partial charge is 0.293 e. The van der Waals surface area contributed by atoms with Gasteiger partial charge < -0.3 is 9.80 Å². The minimum absolute atomic E-state index is 0.0902. The van der Waals surface area contributed by atoms with E-state index in [0.717, 1.165) is 19.2 Å². The zero-order valence-electron chi connectivity index (χ0n) is 14.5. The molecule has 0 atom stereocenters. The van der Waals surface area contributed by atoms with Gasteiger partial charge in [-0.05, 0) is 32.9 Å². The van der Waals surface area contributed by atoms with Crippen molar-refractivity contribution in [2.75, 3.05) is 38.1 Å². The van der Waals surface area contributed by atoms with E-state index in [-0.39, 0.29) is 10.6 Å². The number of nitro groups is 1. The highest BCUT2D eigenvalue weighted by Crippen LogP contribution is 2.31. The molecule has 0 bridgehead atoms. The first-order valence-corrected chi connectivity index (χ1v) is 9.36. The van der Waals surface area contributed by atoms with E-state index in [1.165, 1.54) is 17.0 Å². The van der Waals surface area contributed by atoms with Crippen LogP contribution in [0.2, 0.25) is 0 Å². The van der Waals surface area contributed by atoms with Crippen LogP contribution in [0.1, 0.15) is 20.8 Å². The van der Waals surface area contributed by atoms with Crippen molar-refractivity contribution in [2.45, 2.75) is 31.2 Å². The highest BCUT2D eigenvalue weighted by atomic mass is 32.2. The third-order valence-corrected chi connectivity index (χ3v) is 5.61. The van der Waals surface area contributed by atoms with Crippen LogP contribution in [0.25, 0.3) is 0 Å². The Kier molecular flexibility index (Phi) is 5.17. The van der Waals surface area contributed by atoms with Gasteiger partial charge in [0.25, 0.3) is 5.69 Å². The number of benzene rings is 1. The zero-order chi connectivity index (χ0) is 18.1. The van der Waals surface area contributed by atoms with Gasteiger partial charge in [-0.2, -0.15) is 0 Å². The number of sulfonamides is 1. The van der Waals surface area contributed by atoms with Crippen molar-refractivity contribution in [3.63, 3.8) is 0 Å². The second-order valence-electron chi connectivity index (χ2n) is 7.21. The quantitative estimate of drug-likeness (QED) is 0.584. The second-order valence-corrected chi connectivity index (χ2v) is 8.89. The largest absolute Gasteiger partial charge is 0.355 e. The molecule has 2 rings (SSSR count). The van der Waals surface area contributed by atoms with Crippen LogP contribution in [0.5, 0.6) is 0 Å². The van der Waals surface area contributed by atoms with E-state index >= 15 is 0 Å². The highest BCUT2D eigenvalue weighted by molar-refractivity contribution is 7.89. The van der Waals surface area contributed by atoms with Gasteiger partial charge in [0, 0.05) is 11.6 Å². The molecule has 24 heavy (non-hydrogen) atoms. The Morgan fingerprint density at radius 2 is 1.83 bits per heavy atom. The second kappa shape index (κ2) is 6.66. The normalized spacial score (nSPS) is 17.1. The first kappa shape index (κ1) is 18.6. The van der Waals surface area contributed by atoms with E-state index < -0.39 is 20.5 Å². The number of nitro benzene ring substituents is 1. The molecule has 1 fully saturated rings. The molecule has 1 saturated heterocycles. The maximum atomic E-state index is 12.4. The maximum absolute atomic E-state index is 12.4. The predicted molar refractivity (Wildman–Crippen MR) is 92.0 cm³/mol. The van der Waals surface area contributed by atoms with Gasteiger partial charge in [0.1, 0.15) is 5.69 Å². The fourth-order valence-electron chi connectivity index (χ4n) is 2.68. The summed E-state index contributed by atoms with van der Waals surface area (Å²) in [5.41, 5.74) is -0.361. The Morgan fingerprint density at radius 3 is 2.33 bits per heavy atom. The Balaban J connectivity index is 2.39. The van der Waals surface area contributed by atoms with E-state index in [0.29, 0.717) is 18.8 Å². The average Bonchev–Trinajstić information content (AvgIpc) is 2.45. The molecule has 0 radical (unpaired) electrons. The van der Waals surface area contributed by atoms with Crippen molar-refractivity contribution in [1.29, 1.82) is 0 Å². The van der Waals surface area contributed by atoms with Gasteiger partial charge in [-0.3, -0.25) is 10.1 Å². The van der Waals surface area contributed by atoms with Crippen LogP contribution >= 0.6 is 0 Å². The molecule has 2 N–H and O–H groups in total. The summed E-state index contributed by atoms with van der Waals surface area (Å²) < 4.78 is 27.3. The summed E-state index contributed by atoms with van der Waals surface area (Å²) in [6.45, 7) is 8.36. The topological polar surface area (TPSA) is 97.0 Å². The summed E-state index contributed by atoms with van der Waals surface area (Å²) in [5, 5.41) is 11.5. The summed E-state index contributed by atoms with van der Waals surface area (Å²) in [6, 6.07) is 4.12. The van der Waals surface area contributed by atoms with Crippen LogP contribution in [0, 0.1) is 10.1 Å². The average molecular weight is 357 g/mol. The Morgan fingerprint density at radius 1 is 1.25 bits per heavy atom. The van der Waals surface area contributed by atoms with E-state index in [4.69, 9.17) is 0 Å². The molecule has 1 heterocycles. The number of anilines is 1. The van der Waals surface area contributed by atoms with Crippen LogP contribution in [0.3, 0.4) is 0 Å². The number of quaternary nitrogens is 1. The van der Waals surface area contributed by atoms with Gasteiger partial charge in [-0.15, -0.1) is 0 Å². The van der Waals surface area contributed by atoms with Crippen LogP contribution in [-0.2, 0) is 10.0 Å². The third kappa shape index (κ3) is 4.43.